The van der Waals surface area contributed by atoms with Crippen LogP contribution >= 0.6 is 0 Å². The summed E-state index contributed by atoms with van der Waals surface area (Å²) in [7, 11) is 0. The minimum absolute atomic E-state index is 0.0272. The summed E-state index contributed by atoms with van der Waals surface area (Å²) >= 11 is 0. The second-order valence-electron chi connectivity index (χ2n) is 5.87. The van der Waals surface area contributed by atoms with Crippen molar-refractivity contribution in [2.24, 2.45) is 0 Å². The third kappa shape index (κ3) is 1.75. The zero-order valence-electron chi connectivity index (χ0n) is 11.2. The number of furan rings is 1. The topological polar surface area (TPSA) is 53.7 Å². The highest BCUT2D eigenvalue weighted by molar-refractivity contribution is 5.96. The summed E-state index contributed by atoms with van der Waals surface area (Å²) in [5.41, 5.74) is 0.750. The van der Waals surface area contributed by atoms with Gasteiger partial charge in [0.15, 0.2) is 5.76 Å². The third-order valence-electron chi connectivity index (χ3n) is 4.58. The molecule has 2 fully saturated rings. The van der Waals surface area contributed by atoms with Gasteiger partial charge < -0.3 is 14.4 Å². The molecule has 0 saturated carbocycles. The molecule has 4 heteroatoms. The van der Waals surface area contributed by atoms with Gasteiger partial charge in [-0.3, -0.25) is 4.79 Å². The Kier molecular flexibility index (Phi) is 2.60. The highest BCUT2D eigenvalue weighted by Crippen LogP contribution is 2.37. The SMILES string of the molecule is O=C(c1cc2ccccc2o1)N1C2CCC1CC(O)C2. The average molecular weight is 271 g/mol. The predicted octanol–water partition coefficient (Wildman–Crippen LogP) is 2.56. The van der Waals surface area contributed by atoms with Gasteiger partial charge in [-0.25, -0.2) is 0 Å². The highest BCUT2D eigenvalue weighted by atomic mass is 16.3. The van der Waals surface area contributed by atoms with Crippen LogP contribution in [0.5, 0.6) is 0 Å². The maximum Gasteiger partial charge on any atom is 0.290 e. The van der Waals surface area contributed by atoms with E-state index in [-0.39, 0.29) is 24.1 Å². The number of hydrogen-bond donors (Lipinski definition) is 1. The number of hydrogen-bond acceptors (Lipinski definition) is 3. The lowest BCUT2D eigenvalue weighted by Gasteiger charge is -2.36. The maximum atomic E-state index is 12.7. The van der Waals surface area contributed by atoms with E-state index in [4.69, 9.17) is 4.42 Å². The second-order valence-corrected chi connectivity index (χ2v) is 5.87. The molecule has 4 rings (SSSR count). The number of benzene rings is 1. The van der Waals surface area contributed by atoms with Gasteiger partial charge in [0.2, 0.25) is 0 Å². The van der Waals surface area contributed by atoms with Crippen LogP contribution in [0.3, 0.4) is 0 Å². The molecule has 2 aliphatic rings. The van der Waals surface area contributed by atoms with E-state index < -0.39 is 0 Å². The Balaban J connectivity index is 1.67. The lowest BCUT2D eigenvalue weighted by Crippen LogP contribution is -2.47. The molecule has 104 valence electrons. The Morgan fingerprint density at radius 1 is 1.20 bits per heavy atom. The molecule has 20 heavy (non-hydrogen) atoms. The first-order valence-electron chi connectivity index (χ1n) is 7.21. The molecule has 2 aromatic rings. The quantitative estimate of drug-likeness (QED) is 0.867. The molecular weight excluding hydrogens is 254 g/mol. The van der Waals surface area contributed by atoms with Crippen LogP contribution in [0.25, 0.3) is 11.0 Å². The molecule has 2 aliphatic heterocycles. The summed E-state index contributed by atoms with van der Waals surface area (Å²) in [6.45, 7) is 0. The first-order chi connectivity index (χ1) is 9.72. The lowest BCUT2D eigenvalue weighted by atomic mass is 9.99. The zero-order valence-corrected chi connectivity index (χ0v) is 11.2. The van der Waals surface area contributed by atoms with Crippen LogP contribution in [0.4, 0.5) is 0 Å². The van der Waals surface area contributed by atoms with Crippen molar-refractivity contribution >= 4 is 16.9 Å². The molecular formula is C16H17NO3. The number of aliphatic hydroxyl groups excluding tert-OH is 1. The fraction of sp³-hybridized carbons (Fsp3) is 0.438. The number of nitrogens with zero attached hydrogens (tertiary/aromatic N) is 1. The normalized spacial score (nSPS) is 29.1. The zero-order chi connectivity index (χ0) is 13.7. The van der Waals surface area contributed by atoms with Crippen LogP contribution in [0.1, 0.15) is 36.2 Å². The Hall–Kier alpha value is -1.81. The highest BCUT2D eigenvalue weighted by Gasteiger charge is 2.43. The number of carbonyl (C=O) groups excluding carboxylic acids is 1. The Labute approximate surface area is 117 Å². The van der Waals surface area contributed by atoms with E-state index in [2.05, 4.69) is 0 Å². The van der Waals surface area contributed by atoms with Crippen LogP contribution < -0.4 is 0 Å². The van der Waals surface area contributed by atoms with E-state index in [9.17, 15) is 9.90 Å². The van der Waals surface area contributed by atoms with Crippen LogP contribution in [0.2, 0.25) is 0 Å². The minimum Gasteiger partial charge on any atom is -0.451 e. The summed E-state index contributed by atoms with van der Waals surface area (Å²) in [5, 5.41) is 10.8. The molecule has 1 aromatic carbocycles. The average Bonchev–Trinajstić information content (AvgIpc) is 2.98. The Bertz CT molecular complexity index is 616. The van der Waals surface area contributed by atoms with Crippen LogP contribution in [0, 0.1) is 0 Å². The van der Waals surface area contributed by atoms with Gasteiger partial charge in [-0.1, -0.05) is 18.2 Å². The standard InChI is InChI=1S/C16H17NO3/c18-13-8-11-5-6-12(9-13)17(11)16(19)15-7-10-3-1-2-4-14(10)20-15/h1-4,7,11-13,18H,5-6,8-9H2. The van der Waals surface area contributed by atoms with Crippen molar-refractivity contribution in [3.8, 4) is 0 Å². The summed E-state index contributed by atoms with van der Waals surface area (Å²) in [6.07, 6.45) is 3.12. The third-order valence-corrected chi connectivity index (χ3v) is 4.58. The number of piperidine rings is 1. The van der Waals surface area contributed by atoms with Gasteiger partial charge in [-0.2, -0.15) is 0 Å². The van der Waals surface area contributed by atoms with Crippen LogP contribution in [-0.4, -0.2) is 34.1 Å². The summed E-state index contributed by atoms with van der Waals surface area (Å²) in [4.78, 5) is 14.6. The largest absolute Gasteiger partial charge is 0.451 e. The van der Waals surface area contributed by atoms with Crippen LogP contribution in [0.15, 0.2) is 34.7 Å². The minimum atomic E-state index is -0.257. The van der Waals surface area contributed by atoms with Crippen molar-refractivity contribution in [2.45, 2.75) is 43.9 Å². The van der Waals surface area contributed by atoms with E-state index in [1.54, 1.807) is 0 Å². The number of fused-ring (bicyclic) bond motifs is 3. The van der Waals surface area contributed by atoms with E-state index in [0.29, 0.717) is 18.6 Å². The van der Waals surface area contributed by atoms with E-state index in [1.807, 2.05) is 35.2 Å². The molecule has 2 bridgehead atoms. The van der Waals surface area contributed by atoms with Crippen molar-refractivity contribution in [3.63, 3.8) is 0 Å². The fourth-order valence-corrected chi connectivity index (χ4v) is 3.69. The Morgan fingerprint density at radius 2 is 1.90 bits per heavy atom. The predicted molar refractivity (Wildman–Crippen MR) is 74.4 cm³/mol. The molecule has 0 aliphatic carbocycles. The van der Waals surface area contributed by atoms with Crippen molar-refractivity contribution in [2.75, 3.05) is 0 Å². The summed E-state index contributed by atoms with van der Waals surface area (Å²) < 4.78 is 5.68. The first kappa shape index (κ1) is 12.0. The number of rotatable bonds is 1. The van der Waals surface area contributed by atoms with Gasteiger partial charge in [0.25, 0.3) is 5.91 Å². The summed E-state index contributed by atoms with van der Waals surface area (Å²) in [6, 6.07) is 9.83. The molecule has 2 unspecified atom stereocenters. The molecule has 1 N–H and O–H groups in total. The number of aliphatic hydroxyl groups is 1. The van der Waals surface area contributed by atoms with E-state index in [1.165, 1.54) is 0 Å². The van der Waals surface area contributed by atoms with E-state index in [0.717, 1.165) is 23.8 Å². The number of amides is 1. The molecule has 3 heterocycles. The summed E-state index contributed by atoms with van der Waals surface area (Å²) in [5.74, 6) is 0.389. The van der Waals surface area contributed by atoms with Gasteiger partial charge in [0, 0.05) is 17.5 Å². The van der Waals surface area contributed by atoms with Gasteiger partial charge in [0.05, 0.1) is 6.10 Å². The molecule has 0 spiro atoms. The number of para-hydroxylation sites is 1. The fourth-order valence-electron chi connectivity index (χ4n) is 3.69. The number of carbonyl (C=O) groups is 1. The van der Waals surface area contributed by atoms with Gasteiger partial charge in [-0.05, 0) is 37.8 Å². The van der Waals surface area contributed by atoms with Gasteiger partial charge in [-0.15, -0.1) is 0 Å². The van der Waals surface area contributed by atoms with Crippen molar-refractivity contribution in [1.82, 2.24) is 4.90 Å². The molecule has 1 amide bonds. The second kappa shape index (κ2) is 4.35. The molecule has 2 atom stereocenters. The Morgan fingerprint density at radius 3 is 2.60 bits per heavy atom. The lowest BCUT2D eigenvalue weighted by molar-refractivity contribution is 0.0266. The molecule has 0 radical (unpaired) electrons. The molecule has 1 aromatic heterocycles. The smallest absolute Gasteiger partial charge is 0.290 e. The van der Waals surface area contributed by atoms with Crippen molar-refractivity contribution < 1.29 is 14.3 Å². The van der Waals surface area contributed by atoms with Crippen molar-refractivity contribution in [1.29, 1.82) is 0 Å². The monoisotopic (exact) mass is 271 g/mol. The van der Waals surface area contributed by atoms with Gasteiger partial charge in [0.1, 0.15) is 5.58 Å². The maximum absolute atomic E-state index is 12.7. The van der Waals surface area contributed by atoms with E-state index >= 15 is 0 Å². The van der Waals surface area contributed by atoms with Crippen LogP contribution in [-0.2, 0) is 0 Å². The van der Waals surface area contributed by atoms with Gasteiger partial charge >= 0.3 is 0 Å². The first-order valence-corrected chi connectivity index (χ1v) is 7.21. The molecule has 2 saturated heterocycles. The van der Waals surface area contributed by atoms with Crippen molar-refractivity contribution in [3.05, 3.63) is 36.1 Å². The molecule has 4 nitrogen and oxygen atoms in total.